The van der Waals surface area contributed by atoms with Crippen molar-refractivity contribution in [1.29, 1.82) is 0 Å². The minimum absolute atomic E-state index is 0.550. The number of methoxy groups -OCH3 is 1. The summed E-state index contributed by atoms with van der Waals surface area (Å²) in [4.78, 5) is 5.26. The highest BCUT2D eigenvalue weighted by Gasteiger charge is 2.09. The maximum Gasteiger partial charge on any atom is 0.139 e. The van der Waals surface area contributed by atoms with Gasteiger partial charge in [-0.1, -0.05) is 17.3 Å². The van der Waals surface area contributed by atoms with E-state index in [0.717, 1.165) is 27.9 Å². The zero-order chi connectivity index (χ0) is 17.1. The number of hydrogen-bond donors (Lipinski definition) is 0. The number of rotatable bonds is 5. The SMILES string of the molecule is COc1ccc(C=Nn2cncn2)cc1Cn1nnc2ccccc21. The molecule has 0 aliphatic heterocycles. The van der Waals surface area contributed by atoms with Gasteiger partial charge in [0.2, 0.25) is 0 Å². The zero-order valence-corrected chi connectivity index (χ0v) is 13.5. The molecule has 0 saturated heterocycles. The number of ether oxygens (including phenoxy) is 1. The minimum Gasteiger partial charge on any atom is -0.496 e. The standard InChI is InChI=1S/C17H15N7O/c1-25-17-7-6-13(9-19-24-12-18-11-20-24)8-14(17)10-23-16-5-3-2-4-15(16)21-22-23/h2-9,11-12H,10H2,1H3. The van der Waals surface area contributed by atoms with Gasteiger partial charge in [-0.3, -0.25) is 0 Å². The van der Waals surface area contributed by atoms with Gasteiger partial charge in [0.05, 0.1) is 25.4 Å². The second-order valence-electron chi connectivity index (χ2n) is 5.37. The van der Waals surface area contributed by atoms with Gasteiger partial charge in [-0.2, -0.15) is 5.10 Å². The van der Waals surface area contributed by atoms with Crippen molar-refractivity contribution in [2.45, 2.75) is 6.54 Å². The van der Waals surface area contributed by atoms with Crippen LogP contribution in [0.3, 0.4) is 0 Å². The Balaban J connectivity index is 1.66. The highest BCUT2D eigenvalue weighted by atomic mass is 16.5. The summed E-state index contributed by atoms with van der Waals surface area (Å²) in [5.41, 5.74) is 3.76. The second-order valence-corrected chi connectivity index (χ2v) is 5.37. The van der Waals surface area contributed by atoms with Gasteiger partial charge in [0, 0.05) is 5.56 Å². The summed E-state index contributed by atoms with van der Waals surface area (Å²) in [7, 11) is 1.65. The number of hydrogen-bond acceptors (Lipinski definition) is 6. The lowest BCUT2D eigenvalue weighted by atomic mass is 10.1. The van der Waals surface area contributed by atoms with E-state index >= 15 is 0 Å². The van der Waals surface area contributed by atoms with Crippen LogP contribution in [0.25, 0.3) is 11.0 Å². The molecule has 0 radical (unpaired) electrons. The molecule has 0 unspecified atom stereocenters. The molecule has 0 saturated carbocycles. The maximum atomic E-state index is 5.48. The molecule has 2 heterocycles. The Kier molecular flexibility index (Phi) is 3.91. The molecule has 0 aliphatic carbocycles. The molecule has 124 valence electrons. The van der Waals surface area contributed by atoms with Crippen LogP contribution in [-0.4, -0.2) is 43.2 Å². The van der Waals surface area contributed by atoms with Gasteiger partial charge >= 0.3 is 0 Å². The van der Waals surface area contributed by atoms with Crippen molar-refractivity contribution < 1.29 is 4.74 Å². The number of para-hydroxylation sites is 1. The quantitative estimate of drug-likeness (QED) is 0.521. The third kappa shape index (κ3) is 3.09. The average Bonchev–Trinajstić information content (AvgIpc) is 3.30. The van der Waals surface area contributed by atoms with Crippen LogP contribution in [0.1, 0.15) is 11.1 Å². The summed E-state index contributed by atoms with van der Waals surface area (Å²) < 4.78 is 7.33. The molecule has 2 aromatic heterocycles. The van der Waals surface area contributed by atoms with E-state index in [1.54, 1.807) is 13.3 Å². The van der Waals surface area contributed by atoms with Crippen molar-refractivity contribution in [2.75, 3.05) is 7.11 Å². The van der Waals surface area contributed by atoms with Crippen LogP contribution in [0.15, 0.2) is 60.2 Å². The Morgan fingerprint density at radius 2 is 2.12 bits per heavy atom. The summed E-state index contributed by atoms with van der Waals surface area (Å²) in [6, 6.07) is 13.7. The number of fused-ring (bicyclic) bond motifs is 1. The third-order valence-corrected chi connectivity index (χ3v) is 3.78. The normalized spacial score (nSPS) is 11.4. The van der Waals surface area contributed by atoms with Crippen molar-refractivity contribution in [3.05, 3.63) is 66.2 Å². The lowest BCUT2D eigenvalue weighted by molar-refractivity contribution is 0.407. The molecule has 2 aromatic carbocycles. The van der Waals surface area contributed by atoms with Gasteiger partial charge in [-0.25, -0.2) is 9.67 Å². The molecule has 0 amide bonds. The molecular weight excluding hydrogens is 318 g/mol. The topological polar surface area (TPSA) is 83.0 Å². The Morgan fingerprint density at radius 3 is 2.96 bits per heavy atom. The molecule has 0 bridgehead atoms. The molecule has 0 aliphatic rings. The van der Waals surface area contributed by atoms with E-state index in [9.17, 15) is 0 Å². The first-order chi connectivity index (χ1) is 12.3. The van der Waals surface area contributed by atoms with Gasteiger partial charge in [0.15, 0.2) is 0 Å². The van der Waals surface area contributed by atoms with Crippen LogP contribution >= 0.6 is 0 Å². The van der Waals surface area contributed by atoms with E-state index in [-0.39, 0.29) is 0 Å². The number of nitrogens with zero attached hydrogens (tertiary/aromatic N) is 7. The smallest absolute Gasteiger partial charge is 0.139 e. The molecule has 25 heavy (non-hydrogen) atoms. The second kappa shape index (κ2) is 6.52. The van der Waals surface area contributed by atoms with Crippen molar-refractivity contribution in [2.24, 2.45) is 5.10 Å². The van der Waals surface area contributed by atoms with E-state index in [1.165, 1.54) is 17.4 Å². The first kappa shape index (κ1) is 15.0. The minimum atomic E-state index is 0.550. The molecule has 0 atom stereocenters. The molecule has 8 nitrogen and oxygen atoms in total. The predicted molar refractivity (Wildman–Crippen MR) is 92.6 cm³/mol. The van der Waals surface area contributed by atoms with Gasteiger partial charge in [0.25, 0.3) is 0 Å². The molecule has 4 rings (SSSR count). The van der Waals surface area contributed by atoms with E-state index in [2.05, 4.69) is 25.5 Å². The molecule has 4 aromatic rings. The van der Waals surface area contributed by atoms with E-state index in [1.807, 2.05) is 47.1 Å². The Morgan fingerprint density at radius 1 is 1.20 bits per heavy atom. The van der Waals surface area contributed by atoms with Crippen LogP contribution in [0.2, 0.25) is 0 Å². The molecule has 0 fully saturated rings. The van der Waals surface area contributed by atoms with Gasteiger partial charge in [0.1, 0.15) is 23.9 Å². The first-order valence-corrected chi connectivity index (χ1v) is 7.67. The Hall–Kier alpha value is -3.55. The van der Waals surface area contributed by atoms with Crippen LogP contribution < -0.4 is 4.74 Å². The monoisotopic (exact) mass is 333 g/mol. The zero-order valence-electron chi connectivity index (χ0n) is 13.5. The summed E-state index contributed by atoms with van der Waals surface area (Å²) >= 11 is 0. The largest absolute Gasteiger partial charge is 0.496 e. The number of aromatic nitrogens is 6. The fourth-order valence-corrected chi connectivity index (χ4v) is 2.59. The summed E-state index contributed by atoms with van der Waals surface area (Å²) in [6.07, 6.45) is 4.69. The highest BCUT2D eigenvalue weighted by Crippen LogP contribution is 2.22. The van der Waals surface area contributed by atoms with E-state index in [0.29, 0.717) is 6.54 Å². The summed E-state index contributed by atoms with van der Waals surface area (Å²) in [5.74, 6) is 0.789. The summed E-state index contributed by atoms with van der Waals surface area (Å²) in [5, 5.41) is 16.6. The first-order valence-electron chi connectivity index (χ1n) is 7.67. The molecular formula is C17H15N7O. The van der Waals surface area contributed by atoms with E-state index in [4.69, 9.17) is 4.74 Å². The van der Waals surface area contributed by atoms with Crippen molar-refractivity contribution in [1.82, 2.24) is 29.9 Å². The molecule has 0 spiro atoms. The molecule has 0 N–H and O–H groups in total. The van der Waals surface area contributed by atoms with Gasteiger partial charge in [-0.15, -0.1) is 15.0 Å². The van der Waals surface area contributed by atoms with Crippen LogP contribution in [0.5, 0.6) is 5.75 Å². The Labute approximate surface area is 143 Å². The fraction of sp³-hybridized carbons (Fsp3) is 0.118. The third-order valence-electron chi connectivity index (χ3n) is 3.78. The van der Waals surface area contributed by atoms with Crippen molar-refractivity contribution >= 4 is 17.2 Å². The fourth-order valence-electron chi connectivity index (χ4n) is 2.59. The molecule has 8 heteroatoms. The van der Waals surface area contributed by atoms with Gasteiger partial charge in [-0.05, 0) is 35.9 Å². The Bertz CT molecular complexity index is 1020. The van der Waals surface area contributed by atoms with Crippen LogP contribution in [-0.2, 0) is 6.54 Å². The maximum absolute atomic E-state index is 5.48. The highest BCUT2D eigenvalue weighted by molar-refractivity contribution is 5.80. The van der Waals surface area contributed by atoms with Crippen molar-refractivity contribution in [3.63, 3.8) is 0 Å². The predicted octanol–water partition coefficient (Wildman–Crippen LogP) is 1.96. The number of benzene rings is 2. The lowest BCUT2D eigenvalue weighted by Gasteiger charge is -2.10. The van der Waals surface area contributed by atoms with Crippen LogP contribution in [0.4, 0.5) is 0 Å². The summed E-state index contributed by atoms with van der Waals surface area (Å²) in [6.45, 7) is 0.550. The lowest BCUT2D eigenvalue weighted by Crippen LogP contribution is -2.04. The van der Waals surface area contributed by atoms with Crippen LogP contribution in [0, 0.1) is 0 Å². The van der Waals surface area contributed by atoms with E-state index < -0.39 is 0 Å². The van der Waals surface area contributed by atoms with Crippen molar-refractivity contribution in [3.8, 4) is 5.75 Å². The van der Waals surface area contributed by atoms with Gasteiger partial charge < -0.3 is 4.74 Å². The average molecular weight is 333 g/mol.